The van der Waals surface area contributed by atoms with Crippen LogP contribution in [0.15, 0.2) is 64.6 Å². The normalized spacial score (nSPS) is 14.7. The number of rotatable bonds is 7. The summed E-state index contributed by atoms with van der Waals surface area (Å²) in [7, 11) is 0. The molecule has 7 nitrogen and oxygen atoms in total. The lowest BCUT2D eigenvalue weighted by Crippen LogP contribution is -2.54. The molecule has 1 N–H and O–H groups in total. The van der Waals surface area contributed by atoms with Gasteiger partial charge in [-0.1, -0.05) is 34.1 Å². The van der Waals surface area contributed by atoms with Gasteiger partial charge in [0.15, 0.2) is 11.5 Å². The van der Waals surface area contributed by atoms with Crippen LogP contribution in [-0.4, -0.2) is 24.5 Å². The largest absolute Gasteiger partial charge is 0.490 e. The monoisotopic (exact) mass is 674 g/mol. The van der Waals surface area contributed by atoms with Crippen molar-refractivity contribution in [3.05, 3.63) is 90.5 Å². The molecule has 3 aromatic carbocycles. The van der Waals surface area contributed by atoms with Crippen molar-refractivity contribution in [3.63, 3.8) is 0 Å². The van der Waals surface area contributed by atoms with Crippen molar-refractivity contribution < 1.29 is 23.9 Å². The standard InChI is InChI=1S/C28H24BrIN2O5/c1-4-36-24-13-19(23(29)14-25(24)37-15-18-6-8-20(30)9-7-18)12-22-26(33)31-28(35)32(27(22)34)21-10-5-16(2)17(3)11-21/h5-14H,4,15H2,1-3H3,(H,31,33,35)/b22-12+. The third kappa shape index (κ3) is 6.04. The summed E-state index contributed by atoms with van der Waals surface area (Å²) in [4.78, 5) is 39.5. The van der Waals surface area contributed by atoms with Gasteiger partial charge in [0.2, 0.25) is 0 Å². The van der Waals surface area contributed by atoms with E-state index in [2.05, 4.69) is 43.8 Å². The zero-order valence-corrected chi connectivity index (χ0v) is 24.2. The van der Waals surface area contributed by atoms with Crippen LogP contribution in [0.5, 0.6) is 11.5 Å². The molecule has 4 rings (SSSR count). The first kappa shape index (κ1) is 26.9. The van der Waals surface area contributed by atoms with Crippen LogP contribution in [0.4, 0.5) is 10.5 Å². The molecule has 1 aliphatic rings. The van der Waals surface area contributed by atoms with Crippen molar-refractivity contribution in [2.24, 2.45) is 0 Å². The highest BCUT2D eigenvalue weighted by Crippen LogP contribution is 2.36. The summed E-state index contributed by atoms with van der Waals surface area (Å²) in [6.07, 6.45) is 1.44. The molecule has 0 radical (unpaired) electrons. The van der Waals surface area contributed by atoms with Crippen LogP contribution in [0.2, 0.25) is 0 Å². The van der Waals surface area contributed by atoms with Gasteiger partial charge in [0, 0.05) is 8.04 Å². The van der Waals surface area contributed by atoms with Gasteiger partial charge in [0.05, 0.1) is 12.3 Å². The molecule has 0 unspecified atom stereocenters. The van der Waals surface area contributed by atoms with E-state index >= 15 is 0 Å². The van der Waals surface area contributed by atoms with Gasteiger partial charge in [-0.2, -0.15) is 0 Å². The summed E-state index contributed by atoms with van der Waals surface area (Å²) in [6, 6.07) is 15.9. The molecule has 0 atom stereocenters. The Morgan fingerprint density at radius 1 is 0.946 bits per heavy atom. The quantitative estimate of drug-likeness (QED) is 0.180. The lowest BCUT2D eigenvalue weighted by molar-refractivity contribution is -0.122. The molecule has 0 spiro atoms. The van der Waals surface area contributed by atoms with Crippen LogP contribution >= 0.6 is 38.5 Å². The topological polar surface area (TPSA) is 84.9 Å². The third-order valence-electron chi connectivity index (χ3n) is 5.82. The molecule has 0 aliphatic carbocycles. The summed E-state index contributed by atoms with van der Waals surface area (Å²) in [6.45, 7) is 6.42. The Kier molecular flexibility index (Phi) is 8.33. The first-order chi connectivity index (χ1) is 17.7. The molecular weight excluding hydrogens is 651 g/mol. The Hall–Kier alpha value is -3.18. The number of carbonyl (C=O) groups excluding carboxylic acids is 3. The van der Waals surface area contributed by atoms with Gasteiger partial charge in [-0.3, -0.25) is 14.9 Å². The second-order valence-electron chi connectivity index (χ2n) is 8.40. The molecule has 37 heavy (non-hydrogen) atoms. The first-order valence-electron chi connectivity index (χ1n) is 11.5. The molecule has 1 saturated heterocycles. The van der Waals surface area contributed by atoms with Gasteiger partial charge >= 0.3 is 6.03 Å². The van der Waals surface area contributed by atoms with E-state index in [4.69, 9.17) is 9.47 Å². The number of ether oxygens (including phenoxy) is 2. The maximum absolute atomic E-state index is 13.3. The summed E-state index contributed by atoms with van der Waals surface area (Å²) < 4.78 is 13.5. The van der Waals surface area contributed by atoms with Crippen LogP contribution in [0.25, 0.3) is 6.08 Å². The molecule has 3 aromatic rings. The lowest BCUT2D eigenvalue weighted by Gasteiger charge is -2.27. The second-order valence-corrected chi connectivity index (χ2v) is 10.5. The summed E-state index contributed by atoms with van der Waals surface area (Å²) >= 11 is 5.77. The van der Waals surface area contributed by atoms with E-state index in [-0.39, 0.29) is 5.57 Å². The second kappa shape index (κ2) is 11.5. The summed E-state index contributed by atoms with van der Waals surface area (Å²) in [5.74, 6) is -0.491. The van der Waals surface area contributed by atoms with E-state index in [0.717, 1.165) is 25.2 Å². The van der Waals surface area contributed by atoms with E-state index in [0.29, 0.717) is 40.4 Å². The zero-order chi connectivity index (χ0) is 26.7. The number of nitrogens with zero attached hydrogens (tertiary/aromatic N) is 1. The SMILES string of the molecule is CCOc1cc(/C=C2\C(=O)NC(=O)N(c3ccc(C)c(C)c3)C2=O)c(Br)cc1OCc1ccc(I)cc1. The van der Waals surface area contributed by atoms with Gasteiger partial charge in [-0.25, -0.2) is 9.69 Å². The Morgan fingerprint density at radius 2 is 1.65 bits per heavy atom. The number of anilines is 1. The number of barbiturate groups is 1. The highest BCUT2D eigenvalue weighted by atomic mass is 127. The first-order valence-corrected chi connectivity index (χ1v) is 13.4. The highest BCUT2D eigenvalue weighted by Gasteiger charge is 2.37. The Morgan fingerprint density at radius 3 is 2.32 bits per heavy atom. The maximum atomic E-state index is 13.3. The van der Waals surface area contributed by atoms with Crippen LogP contribution in [0, 0.1) is 17.4 Å². The van der Waals surface area contributed by atoms with E-state index in [9.17, 15) is 14.4 Å². The van der Waals surface area contributed by atoms with Gasteiger partial charge in [0.25, 0.3) is 11.8 Å². The number of carbonyl (C=O) groups is 3. The minimum absolute atomic E-state index is 0.173. The van der Waals surface area contributed by atoms with E-state index < -0.39 is 17.8 Å². The number of urea groups is 1. The summed E-state index contributed by atoms with van der Waals surface area (Å²) in [5.41, 5.74) is 3.69. The molecule has 0 saturated carbocycles. The molecular formula is C28H24BrIN2O5. The van der Waals surface area contributed by atoms with Crippen molar-refractivity contribution in [1.29, 1.82) is 0 Å². The number of imide groups is 2. The fourth-order valence-electron chi connectivity index (χ4n) is 3.70. The number of benzene rings is 3. The number of hydrogen-bond acceptors (Lipinski definition) is 5. The lowest BCUT2D eigenvalue weighted by atomic mass is 10.0. The summed E-state index contributed by atoms with van der Waals surface area (Å²) in [5, 5.41) is 2.26. The molecule has 1 heterocycles. The van der Waals surface area contributed by atoms with E-state index in [1.54, 1.807) is 24.3 Å². The molecule has 190 valence electrons. The molecule has 1 fully saturated rings. The molecule has 1 aliphatic heterocycles. The maximum Gasteiger partial charge on any atom is 0.335 e. The van der Waals surface area contributed by atoms with Gasteiger partial charge in [-0.15, -0.1) is 0 Å². The fraction of sp³-hybridized carbons (Fsp3) is 0.179. The predicted molar refractivity (Wildman–Crippen MR) is 154 cm³/mol. The van der Waals surface area contributed by atoms with Crippen LogP contribution in [0.3, 0.4) is 0 Å². The Balaban J connectivity index is 1.66. The van der Waals surface area contributed by atoms with Gasteiger partial charge in [-0.05, 0) is 108 Å². The van der Waals surface area contributed by atoms with E-state index in [1.165, 1.54) is 6.08 Å². The molecule has 9 heteroatoms. The fourth-order valence-corrected chi connectivity index (χ4v) is 4.49. The number of halogens is 2. The average molecular weight is 675 g/mol. The number of amides is 4. The number of aryl methyl sites for hydroxylation is 2. The molecule has 4 amide bonds. The van der Waals surface area contributed by atoms with Gasteiger partial charge in [0.1, 0.15) is 12.2 Å². The minimum Gasteiger partial charge on any atom is -0.490 e. The molecule has 0 aromatic heterocycles. The highest BCUT2D eigenvalue weighted by molar-refractivity contribution is 14.1. The van der Waals surface area contributed by atoms with Gasteiger partial charge < -0.3 is 9.47 Å². The van der Waals surface area contributed by atoms with Crippen molar-refractivity contribution in [2.75, 3.05) is 11.5 Å². The average Bonchev–Trinajstić information content (AvgIpc) is 2.85. The third-order valence-corrected chi connectivity index (χ3v) is 7.23. The van der Waals surface area contributed by atoms with Crippen LogP contribution in [-0.2, 0) is 16.2 Å². The number of nitrogens with one attached hydrogen (secondary N) is 1. The van der Waals surface area contributed by atoms with Crippen molar-refractivity contribution in [3.8, 4) is 11.5 Å². The number of hydrogen-bond donors (Lipinski definition) is 1. The van der Waals surface area contributed by atoms with Crippen LogP contribution in [0.1, 0.15) is 29.2 Å². The van der Waals surface area contributed by atoms with E-state index in [1.807, 2.05) is 51.1 Å². The molecule has 0 bridgehead atoms. The smallest absolute Gasteiger partial charge is 0.335 e. The predicted octanol–water partition coefficient (Wildman–Crippen LogP) is 6.31. The minimum atomic E-state index is -0.788. The Bertz CT molecular complexity index is 1420. The van der Waals surface area contributed by atoms with Crippen molar-refractivity contribution in [1.82, 2.24) is 5.32 Å². The zero-order valence-electron chi connectivity index (χ0n) is 20.4. The Labute approximate surface area is 237 Å². The van der Waals surface area contributed by atoms with Crippen LogP contribution < -0.4 is 19.7 Å². The van der Waals surface area contributed by atoms with Crippen molar-refractivity contribution in [2.45, 2.75) is 27.4 Å². The van der Waals surface area contributed by atoms with Crippen molar-refractivity contribution >= 4 is 68.1 Å².